The average molecular weight is 240 g/mol. The smallest absolute Gasteiger partial charge is 0.379 e. The first-order valence-corrected chi connectivity index (χ1v) is 5.09. The zero-order valence-electron chi connectivity index (χ0n) is 8.93. The van der Waals surface area contributed by atoms with Gasteiger partial charge >= 0.3 is 6.18 Å². The number of amides is 1. The summed E-state index contributed by atoms with van der Waals surface area (Å²) >= 11 is 0. The van der Waals surface area contributed by atoms with Gasteiger partial charge in [-0.2, -0.15) is 13.2 Å². The number of ether oxygens (including phenoxy) is 1. The van der Waals surface area contributed by atoms with Crippen LogP contribution in [0.3, 0.4) is 0 Å². The van der Waals surface area contributed by atoms with Crippen molar-refractivity contribution in [2.75, 3.05) is 26.3 Å². The van der Waals surface area contributed by atoms with E-state index in [1.165, 1.54) is 0 Å². The lowest BCUT2D eigenvalue weighted by Gasteiger charge is -2.18. The molecule has 0 bridgehead atoms. The van der Waals surface area contributed by atoms with Crippen molar-refractivity contribution < 1.29 is 22.7 Å². The van der Waals surface area contributed by atoms with E-state index in [1.54, 1.807) is 0 Å². The highest BCUT2D eigenvalue weighted by atomic mass is 19.4. The first kappa shape index (κ1) is 13.2. The number of carbonyl (C=O) groups excluding carboxylic acids is 1. The lowest BCUT2D eigenvalue weighted by Crippen LogP contribution is -2.46. The molecule has 2 unspecified atom stereocenters. The van der Waals surface area contributed by atoms with E-state index in [-0.39, 0.29) is 12.6 Å². The first-order chi connectivity index (χ1) is 7.44. The molecule has 2 atom stereocenters. The van der Waals surface area contributed by atoms with Gasteiger partial charge < -0.3 is 15.4 Å². The fraction of sp³-hybridized carbons (Fsp3) is 0.889. The monoisotopic (exact) mass is 240 g/mol. The minimum atomic E-state index is -4.37. The standard InChI is InChI=1S/C9H15F3N2O2/c1-2-13-7-4-16-3-6(7)8(15)14-5-9(10,11)12/h6-7,13H,2-5H2,1H3,(H,14,15). The van der Waals surface area contributed by atoms with Crippen molar-refractivity contribution in [3.05, 3.63) is 0 Å². The number of hydrogen-bond acceptors (Lipinski definition) is 3. The number of carbonyl (C=O) groups is 1. The predicted octanol–water partition coefficient (Wildman–Crippen LogP) is 0.289. The van der Waals surface area contributed by atoms with Gasteiger partial charge in [-0.1, -0.05) is 6.92 Å². The fourth-order valence-corrected chi connectivity index (χ4v) is 1.59. The maximum atomic E-state index is 11.9. The van der Waals surface area contributed by atoms with Crippen molar-refractivity contribution >= 4 is 5.91 Å². The van der Waals surface area contributed by atoms with Gasteiger partial charge in [-0.3, -0.25) is 4.79 Å². The van der Waals surface area contributed by atoms with Gasteiger partial charge in [0.2, 0.25) is 5.91 Å². The molecule has 2 N–H and O–H groups in total. The topological polar surface area (TPSA) is 50.4 Å². The molecular weight excluding hydrogens is 225 g/mol. The molecule has 4 nitrogen and oxygen atoms in total. The quantitative estimate of drug-likeness (QED) is 0.742. The van der Waals surface area contributed by atoms with Crippen LogP contribution < -0.4 is 10.6 Å². The zero-order valence-corrected chi connectivity index (χ0v) is 8.93. The van der Waals surface area contributed by atoms with Crippen molar-refractivity contribution in [2.45, 2.75) is 19.1 Å². The number of hydrogen-bond donors (Lipinski definition) is 2. The Morgan fingerprint density at radius 1 is 1.44 bits per heavy atom. The number of rotatable bonds is 4. The molecule has 1 rings (SSSR count). The molecule has 1 aliphatic rings. The number of alkyl halides is 3. The summed E-state index contributed by atoms with van der Waals surface area (Å²) < 4.78 is 40.7. The largest absolute Gasteiger partial charge is 0.405 e. The van der Waals surface area contributed by atoms with E-state index in [0.717, 1.165) is 0 Å². The van der Waals surface area contributed by atoms with Crippen LogP contribution in [0.2, 0.25) is 0 Å². The van der Waals surface area contributed by atoms with Gasteiger partial charge in [0.05, 0.1) is 19.1 Å². The maximum Gasteiger partial charge on any atom is 0.405 e. The summed E-state index contributed by atoms with van der Waals surface area (Å²) in [7, 11) is 0. The second-order valence-electron chi connectivity index (χ2n) is 3.64. The van der Waals surface area contributed by atoms with Gasteiger partial charge in [-0.15, -0.1) is 0 Å². The van der Waals surface area contributed by atoms with E-state index < -0.39 is 24.5 Å². The molecule has 0 aromatic heterocycles. The summed E-state index contributed by atoms with van der Waals surface area (Å²) in [6.07, 6.45) is -4.37. The van der Waals surface area contributed by atoms with Gasteiger partial charge in [-0.25, -0.2) is 0 Å². The van der Waals surface area contributed by atoms with Crippen LogP contribution in [0, 0.1) is 5.92 Å². The maximum absolute atomic E-state index is 11.9. The van der Waals surface area contributed by atoms with Crippen molar-refractivity contribution in [1.29, 1.82) is 0 Å². The Hall–Kier alpha value is -0.820. The third-order valence-electron chi connectivity index (χ3n) is 2.35. The van der Waals surface area contributed by atoms with Crippen molar-refractivity contribution in [1.82, 2.24) is 10.6 Å². The number of nitrogens with one attached hydrogen (secondary N) is 2. The van der Waals surface area contributed by atoms with Gasteiger partial charge in [0, 0.05) is 6.04 Å². The molecule has 1 heterocycles. The Balaban J connectivity index is 2.40. The minimum Gasteiger partial charge on any atom is -0.379 e. The van der Waals surface area contributed by atoms with Crippen LogP contribution in [-0.2, 0) is 9.53 Å². The van der Waals surface area contributed by atoms with Crippen LogP contribution in [0.5, 0.6) is 0 Å². The Morgan fingerprint density at radius 3 is 2.69 bits per heavy atom. The molecule has 1 saturated heterocycles. The van der Waals surface area contributed by atoms with Crippen LogP contribution in [0.25, 0.3) is 0 Å². The normalized spacial score (nSPS) is 25.8. The highest BCUT2D eigenvalue weighted by molar-refractivity contribution is 5.79. The molecule has 0 radical (unpaired) electrons. The highest BCUT2D eigenvalue weighted by Crippen LogP contribution is 2.16. The van der Waals surface area contributed by atoms with Crippen LogP contribution in [0.1, 0.15) is 6.92 Å². The third kappa shape index (κ3) is 3.97. The second-order valence-corrected chi connectivity index (χ2v) is 3.64. The lowest BCUT2D eigenvalue weighted by atomic mass is 10.0. The Morgan fingerprint density at radius 2 is 2.12 bits per heavy atom. The molecule has 0 spiro atoms. The summed E-state index contributed by atoms with van der Waals surface area (Å²) in [5.74, 6) is -1.15. The summed E-state index contributed by atoms with van der Waals surface area (Å²) in [6.45, 7) is 1.75. The van der Waals surface area contributed by atoms with Crippen LogP contribution in [-0.4, -0.2) is 44.4 Å². The Bertz CT molecular complexity index is 245. The summed E-state index contributed by atoms with van der Waals surface area (Å²) in [5.41, 5.74) is 0. The van der Waals surface area contributed by atoms with Gasteiger partial charge in [0.1, 0.15) is 6.54 Å². The molecule has 0 aliphatic carbocycles. The number of halogens is 3. The van der Waals surface area contributed by atoms with Crippen molar-refractivity contribution in [3.63, 3.8) is 0 Å². The Labute approximate surface area is 91.5 Å². The fourth-order valence-electron chi connectivity index (χ4n) is 1.59. The zero-order chi connectivity index (χ0) is 12.2. The third-order valence-corrected chi connectivity index (χ3v) is 2.35. The van der Waals surface area contributed by atoms with E-state index in [2.05, 4.69) is 5.32 Å². The molecule has 1 fully saturated rings. The summed E-state index contributed by atoms with van der Waals surface area (Å²) in [4.78, 5) is 11.4. The van der Waals surface area contributed by atoms with E-state index in [0.29, 0.717) is 13.2 Å². The number of likely N-dealkylation sites (N-methyl/N-ethyl adjacent to an activating group) is 1. The molecule has 1 aliphatic heterocycles. The molecule has 16 heavy (non-hydrogen) atoms. The van der Waals surface area contributed by atoms with E-state index >= 15 is 0 Å². The average Bonchev–Trinajstić information content (AvgIpc) is 2.62. The molecule has 94 valence electrons. The van der Waals surface area contributed by atoms with Crippen LogP contribution >= 0.6 is 0 Å². The van der Waals surface area contributed by atoms with Gasteiger partial charge in [-0.05, 0) is 6.54 Å². The SMILES string of the molecule is CCNC1COCC1C(=O)NCC(F)(F)F. The van der Waals surface area contributed by atoms with Crippen molar-refractivity contribution in [3.8, 4) is 0 Å². The van der Waals surface area contributed by atoms with Gasteiger partial charge in [0.15, 0.2) is 0 Å². The summed E-state index contributed by atoms with van der Waals surface area (Å²) in [6, 6.07) is -0.196. The van der Waals surface area contributed by atoms with E-state index in [4.69, 9.17) is 4.74 Å². The molecular formula is C9H15F3N2O2. The van der Waals surface area contributed by atoms with Crippen molar-refractivity contribution in [2.24, 2.45) is 5.92 Å². The van der Waals surface area contributed by atoms with Crippen LogP contribution in [0.4, 0.5) is 13.2 Å². The van der Waals surface area contributed by atoms with Crippen LogP contribution in [0.15, 0.2) is 0 Å². The van der Waals surface area contributed by atoms with Gasteiger partial charge in [0.25, 0.3) is 0 Å². The Kier molecular flexibility index (Phi) is 4.55. The molecule has 0 saturated carbocycles. The predicted molar refractivity (Wildman–Crippen MR) is 50.8 cm³/mol. The minimum absolute atomic E-state index is 0.168. The molecule has 1 amide bonds. The lowest BCUT2D eigenvalue weighted by molar-refractivity contribution is -0.141. The molecule has 7 heteroatoms. The second kappa shape index (κ2) is 5.49. The molecule has 0 aromatic carbocycles. The summed E-state index contributed by atoms with van der Waals surface area (Å²) in [5, 5.41) is 4.87. The van der Waals surface area contributed by atoms with E-state index in [9.17, 15) is 18.0 Å². The highest BCUT2D eigenvalue weighted by Gasteiger charge is 2.35. The van der Waals surface area contributed by atoms with E-state index in [1.807, 2.05) is 12.2 Å². The molecule has 0 aromatic rings. The first-order valence-electron chi connectivity index (χ1n) is 5.09.